The van der Waals surface area contributed by atoms with Crippen LogP contribution in [0.5, 0.6) is 0 Å². The van der Waals surface area contributed by atoms with Crippen molar-refractivity contribution in [2.75, 3.05) is 31.9 Å². The number of thioether (sulfide) groups is 1. The van der Waals surface area contributed by atoms with Gasteiger partial charge in [0, 0.05) is 37.1 Å². The first-order chi connectivity index (χ1) is 14.9. The Bertz CT molecular complexity index is 1080. The lowest BCUT2D eigenvalue weighted by Crippen LogP contribution is -2.52. The molecule has 1 saturated heterocycles. The van der Waals surface area contributed by atoms with E-state index in [-0.39, 0.29) is 29.4 Å². The van der Waals surface area contributed by atoms with E-state index in [0.29, 0.717) is 36.7 Å². The van der Waals surface area contributed by atoms with E-state index in [9.17, 15) is 14.4 Å². The van der Waals surface area contributed by atoms with Crippen LogP contribution in [0.2, 0.25) is 0 Å². The smallest absolute Gasteiger partial charge is 0.410 e. The van der Waals surface area contributed by atoms with Crippen LogP contribution in [0.4, 0.5) is 4.79 Å². The lowest BCUT2D eigenvalue weighted by molar-refractivity contribution is -0.130. The Balaban J connectivity index is 1.67. The summed E-state index contributed by atoms with van der Waals surface area (Å²) in [5.41, 5.74) is 0.390. The fraction of sp³-hybridized carbons (Fsp3) is 0.636. The first-order valence-corrected chi connectivity index (χ1v) is 12.6. The molecular weight excluding hydrogens is 448 g/mol. The van der Waals surface area contributed by atoms with Gasteiger partial charge in [-0.3, -0.25) is 14.2 Å². The number of piperazine rings is 1. The highest BCUT2D eigenvalue weighted by Gasteiger charge is 2.28. The standard InChI is InChI=1S/C22H32N4O4S2/c1-13(2)26-19(28)17-14(3)15(4)32-18(17)23-20(26)31-12-16(27)24-8-10-25(11-9-24)21(29)30-22(5,6)7/h13H,8-12H2,1-7H3. The van der Waals surface area contributed by atoms with Crippen molar-refractivity contribution in [2.45, 2.75) is 65.3 Å². The third-order valence-electron chi connectivity index (χ3n) is 5.33. The minimum atomic E-state index is -0.541. The molecular formula is C22H32N4O4S2. The number of hydrogen-bond donors (Lipinski definition) is 0. The van der Waals surface area contributed by atoms with Crippen LogP contribution in [0.25, 0.3) is 10.2 Å². The van der Waals surface area contributed by atoms with Gasteiger partial charge in [-0.05, 0) is 54.0 Å². The van der Waals surface area contributed by atoms with Crippen molar-refractivity contribution in [2.24, 2.45) is 0 Å². The third kappa shape index (κ3) is 5.28. The molecule has 32 heavy (non-hydrogen) atoms. The molecule has 3 rings (SSSR count). The second kappa shape index (κ2) is 9.43. The molecule has 176 valence electrons. The van der Waals surface area contributed by atoms with Gasteiger partial charge in [0.05, 0.1) is 11.1 Å². The fourth-order valence-electron chi connectivity index (χ4n) is 3.53. The molecule has 0 bridgehead atoms. The minimum absolute atomic E-state index is 0.0259. The van der Waals surface area contributed by atoms with Gasteiger partial charge in [-0.25, -0.2) is 9.78 Å². The molecule has 0 aliphatic carbocycles. The van der Waals surface area contributed by atoms with E-state index in [1.807, 2.05) is 48.5 Å². The first kappa shape index (κ1) is 24.6. The Morgan fingerprint density at radius 2 is 1.72 bits per heavy atom. The van der Waals surface area contributed by atoms with Crippen LogP contribution in [0.15, 0.2) is 9.95 Å². The first-order valence-electron chi connectivity index (χ1n) is 10.8. The van der Waals surface area contributed by atoms with Crippen LogP contribution in [0, 0.1) is 13.8 Å². The largest absolute Gasteiger partial charge is 0.444 e. The third-order valence-corrected chi connectivity index (χ3v) is 7.37. The maximum absolute atomic E-state index is 13.1. The van der Waals surface area contributed by atoms with Crippen LogP contribution in [0.1, 0.15) is 51.1 Å². The van der Waals surface area contributed by atoms with Gasteiger partial charge in [0.2, 0.25) is 5.91 Å². The van der Waals surface area contributed by atoms with E-state index < -0.39 is 5.60 Å². The summed E-state index contributed by atoms with van der Waals surface area (Å²) in [5.74, 6) is 0.169. The van der Waals surface area contributed by atoms with Crippen molar-refractivity contribution in [3.05, 3.63) is 20.8 Å². The van der Waals surface area contributed by atoms with Crippen LogP contribution < -0.4 is 5.56 Å². The van der Waals surface area contributed by atoms with E-state index in [1.54, 1.807) is 14.4 Å². The molecule has 3 heterocycles. The number of thiophene rings is 1. The second-order valence-corrected chi connectivity index (χ2v) is 11.4. The number of carbonyl (C=O) groups is 2. The topological polar surface area (TPSA) is 84.7 Å². The average Bonchev–Trinajstić information content (AvgIpc) is 2.98. The van der Waals surface area contributed by atoms with E-state index in [4.69, 9.17) is 9.72 Å². The normalized spacial score (nSPS) is 15.0. The number of hydrogen-bond acceptors (Lipinski definition) is 7. The number of fused-ring (bicyclic) bond motifs is 1. The zero-order valence-corrected chi connectivity index (χ0v) is 21.5. The number of ether oxygens (including phenoxy) is 1. The highest BCUT2D eigenvalue weighted by Crippen LogP contribution is 2.29. The number of carbonyl (C=O) groups excluding carboxylic acids is 2. The summed E-state index contributed by atoms with van der Waals surface area (Å²) < 4.78 is 7.09. The van der Waals surface area contributed by atoms with Gasteiger partial charge in [-0.2, -0.15) is 0 Å². The van der Waals surface area contributed by atoms with Gasteiger partial charge in [-0.15, -0.1) is 11.3 Å². The second-order valence-electron chi connectivity index (χ2n) is 9.26. The van der Waals surface area contributed by atoms with Gasteiger partial charge in [0.15, 0.2) is 5.16 Å². The predicted molar refractivity (Wildman–Crippen MR) is 129 cm³/mol. The maximum Gasteiger partial charge on any atom is 0.410 e. The molecule has 2 amide bonds. The molecule has 10 heteroatoms. The Kier molecular flexibility index (Phi) is 7.24. The van der Waals surface area contributed by atoms with Gasteiger partial charge in [0.25, 0.3) is 5.56 Å². The summed E-state index contributed by atoms with van der Waals surface area (Å²) in [6.07, 6.45) is -0.348. The molecule has 0 N–H and O–H groups in total. The SMILES string of the molecule is Cc1sc2nc(SCC(=O)N3CCN(C(=O)OC(C)(C)C)CC3)n(C(C)C)c(=O)c2c1C. The maximum atomic E-state index is 13.1. The Labute approximate surface area is 196 Å². The quantitative estimate of drug-likeness (QED) is 0.488. The van der Waals surface area contributed by atoms with Crippen LogP contribution in [-0.4, -0.2) is 68.9 Å². The molecule has 1 aliphatic rings. The number of amides is 2. The molecule has 0 atom stereocenters. The zero-order valence-electron chi connectivity index (χ0n) is 19.9. The number of aryl methyl sites for hydroxylation is 2. The predicted octanol–water partition coefficient (Wildman–Crippen LogP) is 3.83. The van der Waals surface area contributed by atoms with E-state index >= 15 is 0 Å². The van der Waals surface area contributed by atoms with Gasteiger partial charge in [0.1, 0.15) is 10.4 Å². The summed E-state index contributed by atoms with van der Waals surface area (Å²) in [5, 5.41) is 1.25. The molecule has 8 nitrogen and oxygen atoms in total. The number of aromatic nitrogens is 2. The Morgan fingerprint density at radius 3 is 2.28 bits per heavy atom. The highest BCUT2D eigenvalue weighted by molar-refractivity contribution is 7.99. The summed E-state index contributed by atoms with van der Waals surface area (Å²) in [4.78, 5) is 48.1. The van der Waals surface area contributed by atoms with E-state index in [0.717, 1.165) is 15.3 Å². The number of nitrogens with zero attached hydrogens (tertiary/aromatic N) is 4. The van der Waals surface area contributed by atoms with Crippen LogP contribution in [-0.2, 0) is 9.53 Å². The van der Waals surface area contributed by atoms with E-state index in [2.05, 4.69) is 0 Å². The summed E-state index contributed by atoms with van der Waals surface area (Å²) in [7, 11) is 0. The summed E-state index contributed by atoms with van der Waals surface area (Å²) in [6, 6.07) is -0.0611. The zero-order chi connectivity index (χ0) is 23.8. The minimum Gasteiger partial charge on any atom is -0.444 e. The number of rotatable bonds is 4. The fourth-order valence-corrected chi connectivity index (χ4v) is 5.63. The lowest BCUT2D eigenvalue weighted by atomic mass is 10.2. The molecule has 0 radical (unpaired) electrons. The molecule has 0 spiro atoms. The molecule has 0 saturated carbocycles. The van der Waals surface area contributed by atoms with Gasteiger partial charge < -0.3 is 14.5 Å². The van der Waals surface area contributed by atoms with Crippen molar-refractivity contribution in [3.63, 3.8) is 0 Å². The molecule has 1 fully saturated rings. The van der Waals surface area contributed by atoms with Crippen LogP contribution in [0.3, 0.4) is 0 Å². The van der Waals surface area contributed by atoms with E-state index in [1.165, 1.54) is 23.1 Å². The van der Waals surface area contributed by atoms with Crippen molar-refractivity contribution < 1.29 is 14.3 Å². The van der Waals surface area contributed by atoms with Gasteiger partial charge >= 0.3 is 6.09 Å². The lowest BCUT2D eigenvalue weighted by Gasteiger charge is -2.35. The highest BCUT2D eigenvalue weighted by atomic mass is 32.2. The Morgan fingerprint density at radius 1 is 1.12 bits per heavy atom. The van der Waals surface area contributed by atoms with Crippen molar-refractivity contribution in [1.29, 1.82) is 0 Å². The van der Waals surface area contributed by atoms with Crippen molar-refractivity contribution >= 4 is 45.3 Å². The summed E-state index contributed by atoms with van der Waals surface area (Å²) in [6.45, 7) is 15.2. The van der Waals surface area contributed by atoms with Gasteiger partial charge in [-0.1, -0.05) is 11.8 Å². The monoisotopic (exact) mass is 480 g/mol. The van der Waals surface area contributed by atoms with Crippen molar-refractivity contribution in [1.82, 2.24) is 19.4 Å². The molecule has 1 aliphatic heterocycles. The average molecular weight is 481 g/mol. The molecule has 2 aromatic rings. The van der Waals surface area contributed by atoms with Crippen LogP contribution >= 0.6 is 23.1 Å². The molecule has 0 unspecified atom stereocenters. The Hall–Kier alpha value is -2.07. The molecule has 0 aromatic carbocycles. The summed E-state index contributed by atoms with van der Waals surface area (Å²) >= 11 is 2.81. The molecule has 2 aromatic heterocycles. The van der Waals surface area contributed by atoms with Crippen molar-refractivity contribution in [3.8, 4) is 0 Å².